The van der Waals surface area contributed by atoms with Gasteiger partial charge in [-0.05, 0) is 28.8 Å². The molecule has 0 radical (unpaired) electrons. The lowest BCUT2D eigenvalue weighted by Crippen LogP contribution is -2.85. The second-order valence-electron chi connectivity index (χ2n) is 8.12. The molecule has 2 heterocycles. The number of halogens is 1. The molecule has 0 saturated carbocycles. The summed E-state index contributed by atoms with van der Waals surface area (Å²) in [5.74, 6) is -0.512. The Hall–Kier alpha value is -2.29. The van der Waals surface area contributed by atoms with Gasteiger partial charge in [0.25, 0.3) is 0 Å². The number of sulfonamides is 1. The number of rotatable bonds is 5. The summed E-state index contributed by atoms with van der Waals surface area (Å²) in [6.45, 7) is 2.15. The van der Waals surface area contributed by atoms with E-state index in [1.807, 2.05) is 24.3 Å². The van der Waals surface area contributed by atoms with E-state index in [2.05, 4.69) is 0 Å². The summed E-state index contributed by atoms with van der Waals surface area (Å²) in [6.07, 6.45) is 1.52. The molecule has 160 valence electrons. The van der Waals surface area contributed by atoms with Gasteiger partial charge in [0.15, 0.2) is 0 Å². The van der Waals surface area contributed by atoms with Gasteiger partial charge in [-0.2, -0.15) is 4.31 Å². The Labute approximate surface area is 176 Å². The van der Waals surface area contributed by atoms with Crippen LogP contribution in [-0.4, -0.2) is 66.2 Å². The van der Waals surface area contributed by atoms with Crippen molar-refractivity contribution in [3.05, 3.63) is 59.9 Å². The molecule has 8 heteroatoms. The van der Waals surface area contributed by atoms with Crippen molar-refractivity contribution >= 4 is 15.9 Å². The van der Waals surface area contributed by atoms with E-state index in [-0.39, 0.29) is 24.2 Å². The largest absolute Gasteiger partial charge is 0.395 e. The first-order valence-electron chi connectivity index (χ1n) is 9.95. The molecule has 0 aliphatic carbocycles. The molecule has 30 heavy (non-hydrogen) atoms. The number of hydrogen-bond acceptors (Lipinski definition) is 4. The van der Waals surface area contributed by atoms with Crippen molar-refractivity contribution in [3.8, 4) is 11.1 Å². The fraction of sp³-hybridized carbons (Fsp3) is 0.409. The van der Waals surface area contributed by atoms with Crippen molar-refractivity contribution in [1.82, 2.24) is 9.21 Å². The van der Waals surface area contributed by atoms with Crippen LogP contribution in [0.15, 0.2) is 48.5 Å². The smallest absolute Gasteiger partial charge is 0.222 e. The zero-order chi connectivity index (χ0) is 21.7. The second-order valence-corrected chi connectivity index (χ2v) is 9.98. The maximum absolute atomic E-state index is 13.2. The highest BCUT2D eigenvalue weighted by atomic mass is 32.2. The molecule has 2 aliphatic rings. The number of carbonyl (C=O) groups excluding carboxylic acids is 1. The van der Waals surface area contributed by atoms with Crippen molar-refractivity contribution in [2.45, 2.75) is 30.8 Å². The van der Waals surface area contributed by atoms with E-state index in [4.69, 9.17) is 0 Å². The Kier molecular flexibility index (Phi) is 5.20. The van der Waals surface area contributed by atoms with Gasteiger partial charge >= 0.3 is 0 Å². The summed E-state index contributed by atoms with van der Waals surface area (Å²) in [5, 5.41) is 9.96. The van der Waals surface area contributed by atoms with Crippen LogP contribution in [0.4, 0.5) is 4.39 Å². The van der Waals surface area contributed by atoms with Crippen molar-refractivity contribution in [2.24, 2.45) is 0 Å². The van der Waals surface area contributed by atoms with E-state index in [0.29, 0.717) is 19.5 Å². The number of carbonyl (C=O) groups is 1. The molecule has 2 fully saturated rings. The van der Waals surface area contributed by atoms with Gasteiger partial charge in [-0.25, -0.2) is 12.8 Å². The molecule has 2 saturated heterocycles. The average Bonchev–Trinajstić information content (AvgIpc) is 2.66. The molecule has 2 aliphatic heterocycles. The first kappa shape index (κ1) is 21.0. The quantitative estimate of drug-likeness (QED) is 0.786. The number of benzene rings is 2. The minimum atomic E-state index is -3.55. The molecule has 0 bridgehead atoms. The van der Waals surface area contributed by atoms with Crippen molar-refractivity contribution in [1.29, 1.82) is 0 Å². The highest BCUT2D eigenvalue weighted by molar-refractivity contribution is 7.88. The molecule has 1 N–H and O–H groups in total. The van der Waals surface area contributed by atoms with Gasteiger partial charge in [-0.1, -0.05) is 43.3 Å². The van der Waals surface area contributed by atoms with Gasteiger partial charge in [0, 0.05) is 25.4 Å². The van der Waals surface area contributed by atoms with Crippen LogP contribution in [0.5, 0.6) is 0 Å². The Morgan fingerprint density at radius 3 is 2.10 bits per heavy atom. The molecule has 2 atom stereocenters. The van der Waals surface area contributed by atoms with Gasteiger partial charge in [-0.3, -0.25) is 4.79 Å². The maximum atomic E-state index is 13.2. The lowest BCUT2D eigenvalue weighted by molar-refractivity contribution is -0.167. The van der Waals surface area contributed by atoms with Crippen molar-refractivity contribution < 1.29 is 22.7 Å². The third kappa shape index (κ3) is 3.23. The highest BCUT2D eigenvalue weighted by Crippen LogP contribution is 2.55. The van der Waals surface area contributed by atoms with Crippen LogP contribution >= 0.6 is 0 Å². The van der Waals surface area contributed by atoms with E-state index in [9.17, 15) is 22.7 Å². The first-order valence-corrected chi connectivity index (χ1v) is 11.8. The predicted octanol–water partition coefficient (Wildman–Crippen LogP) is 2.20. The Bertz CT molecular complexity index is 1050. The van der Waals surface area contributed by atoms with Crippen LogP contribution in [0.2, 0.25) is 0 Å². The Morgan fingerprint density at radius 1 is 1.10 bits per heavy atom. The van der Waals surface area contributed by atoms with Gasteiger partial charge < -0.3 is 10.0 Å². The molecule has 2 aromatic rings. The number of nitrogens with zero attached hydrogens (tertiary/aromatic N) is 2. The number of amides is 1. The second kappa shape index (κ2) is 7.44. The molecule has 1 spiro atoms. The maximum Gasteiger partial charge on any atom is 0.222 e. The fourth-order valence-corrected chi connectivity index (χ4v) is 6.61. The van der Waals surface area contributed by atoms with Crippen LogP contribution < -0.4 is 0 Å². The summed E-state index contributed by atoms with van der Waals surface area (Å²) in [4.78, 5) is 13.8. The first-order chi connectivity index (χ1) is 14.2. The molecule has 0 unspecified atom stereocenters. The summed E-state index contributed by atoms with van der Waals surface area (Å²) >= 11 is 0. The highest BCUT2D eigenvalue weighted by Gasteiger charge is 2.69. The lowest BCUT2D eigenvalue weighted by atomic mass is 9.62. The number of hydrogen-bond donors (Lipinski definition) is 1. The van der Waals surface area contributed by atoms with E-state index < -0.39 is 21.6 Å². The predicted molar refractivity (Wildman–Crippen MR) is 112 cm³/mol. The van der Waals surface area contributed by atoms with E-state index in [1.54, 1.807) is 24.0 Å². The molecular weight excluding hydrogens is 407 g/mol. The zero-order valence-electron chi connectivity index (χ0n) is 17.0. The van der Waals surface area contributed by atoms with Crippen LogP contribution in [0.25, 0.3) is 11.1 Å². The van der Waals surface area contributed by atoms with Crippen LogP contribution in [0, 0.1) is 5.82 Å². The Balaban J connectivity index is 1.66. The van der Waals surface area contributed by atoms with Crippen molar-refractivity contribution in [3.63, 3.8) is 0 Å². The topological polar surface area (TPSA) is 77.9 Å². The van der Waals surface area contributed by atoms with E-state index in [0.717, 1.165) is 22.9 Å². The lowest BCUT2D eigenvalue weighted by Gasteiger charge is -2.69. The normalized spacial score (nSPS) is 23.1. The molecule has 2 aromatic carbocycles. The van der Waals surface area contributed by atoms with E-state index in [1.165, 1.54) is 16.4 Å². The average molecular weight is 433 g/mol. The summed E-state index contributed by atoms with van der Waals surface area (Å²) < 4.78 is 39.5. The summed E-state index contributed by atoms with van der Waals surface area (Å²) in [6, 6.07) is 13.4. The van der Waals surface area contributed by atoms with Crippen LogP contribution in [0.3, 0.4) is 0 Å². The molecule has 4 rings (SSSR count). The third-order valence-electron chi connectivity index (χ3n) is 6.28. The zero-order valence-corrected chi connectivity index (χ0v) is 17.8. The molecule has 1 amide bonds. The van der Waals surface area contributed by atoms with Crippen molar-refractivity contribution in [2.75, 3.05) is 26.0 Å². The number of aliphatic hydroxyl groups is 1. The standard InChI is InChI=1S/C22H25FN2O4S/c1-3-20(27)24-13-22(14-24)21(19(12-26)25(22)30(2,28)29)17-6-4-15(5-7-17)16-8-10-18(23)11-9-16/h4-11,19,21,26H,3,12-14H2,1-2H3/t19-,21-/m0/s1. The molecular formula is C22H25FN2O4S. The molecule has 6 nitrogen and oxygen atoms in total. The van der Waals surface area contributed by atoms with Crippen LogP contribution in [-0.2, 0) is 14.8 Å². The van der Waals surface area contributed by atoms with Gasteiger partial charge in [-0.15, -0.1) is 0 Å². The monoisotopic (exact) mass is 432 g/mol. The number of aliphatic hydroxyl groups excluding tert-OH is 1. The minimum Gasteiger partial charge on any atom is -0.395 e. The fourth-order valence-electron chi connectivity index (χ4n) is 5.04. The molecule has 0 aromatic heterocycles. The SMILES string of the molecule is CCC(=O)N1CC2(C1)[C@@H](c1ccc(-c3ccc(F)cc3)cc1)[C@H](CO)N2S(C)(=O)=O. The summed E-state index contributed by atoms with van der Waals surface area (Å²) in [7, 11) is -3.55. The van der Waals surface area contributed by atoms with Gasteiger partial charge in [0.1, 0.15) is 5.82 Å². The van der Waals surface area contributed by atoms with E-state index >= 15 is 0 Å². The minimum absolute atomic E-state index is 0.00747. The van der Waals surface area contributed by atoms with Crippen LogP contribution in [0.1, 0.15) is 24.8 Å². The summed E-state index contributed by atoms with van der Waals surface area (Å²) in [5.41, 5.74) is 2.00. The van der Waals surface area contributed by atoms with Gasteiger partial charge in [0.2, 0.25) is 15.9 Å². The Morgan fingerprint density at radius 2 is 1.63 bits per heavy atom. The number of likely N-dealkylation sites (tertiary alicyclic amines) is 1. The third-order valence-corrected chi connectivity index (χ3v) is 7.63. The van der Waals surface area contributed by atoms with Gasteiger partial charge in [0.05, 0.1) is 24.4 Å².